The monoisotopic (exact) mass is 557 g/mol. The Hall–Kier alpha value is -3.87. The van der Waals surface area contributed by atoms with E-state index in [2.05, 4.69) is 10.2 Å². The molecule has 39 heavy (non-hydrogen) atoms. The van der Waals surface area contributed by atoms with Crippen LogP contribution < -0.4 is 15.2 Å². The molecule has 0 N–H and O–H groups in total. The van der Waals surface area contributed by atoms with Crippen LogP contribution in [0.3, 0.4) is 0 Å². The van der Waals surface area contributed by atoms with Crippen molar-refractivity contribution < 1.29 is 27.8 Å². The molecule has 1 amide bonds. The molecule has 0 radical (unpaired) electrons. The highest BCUT2D eigenvalue weighted by atomic mass is 32.1. The highest BCUT2D eigenvalue weighted by Crippen LogP contribution is 2.71. The normalized spacial score (nSPS) is 25.1. The number of aromatic nitrogens is 3. The van der Waals surface area contributed by atoms with Crippen LogP contribution in [0.4, 0.5) is 8.78 Å². The first kappa shape index (κ1) is 25.4. The SMILES string of the molecule is COC(=O)[C@]12C[C@H]1CCC21N(C)C(=O)c2c(OC)c(=O)c(-c3nnc(Cc4ccc(F)cc4F)s3)cn2N1C. The molecule has 6 rings (SSSR count). The third-order valence-electron chi connectivity index (χ3n) is 8.54. The first-order chi connectivity index (χ1) is 18.6. The fraction of sp³-hybridized carbons (Fsp3) is 0.423. The largest absolute Gasteiger partial charge is 0.491 e. The van der Waals surface area contributed by atoms with E-state index in [9.17, 15) is 23.2 Å². The van der Waals surface area contributed by atoms with Gasteiger partial charge in [-0.3, -0.25) is 24.1 Å². The zero-order valence-electron chi connectivity index (χ0n) is 21.7. The van der Waals surface area contributed by atoms with E-state index in [0.717, 1.165) is 29.9 Å². The summed E-state index contributed by atoms with van der Waals surface area (Å²) in [7, 11) is 6.07. The molecule has 3 atom stereocenters. The summed E-state index contributed by atoms with van der Waals surface area (Å²) in [6.07, 6.45) is 3.46. The van der Waals surface area contributed by atoms with Gasteiger partial charge in [0.1, 0.15) is 27.7 Å². The van der Waals surface area contributed by atoms with Crippen molar-refractivity contribution in [3.8, 4) is 16.3 Å². The van der Waals surface area contributed by atoms with Gasteiger partial charge in [-0.2, -0.15) is 0 Å². The van der Waals surface area contributed by atoms with E-state index >= 15 is 0 Å². The number of fused-ring (bicyclic) bond motifs is 3. The number of esters is 1. The van der Waals surface area contributed by atoms with Crippen molar-refractivity contribution in [2.75, 3.05) is 33.3 Å². The van der Waals surface area contributed by atoms with Gasteiger partial charge < -0.3 is 14.4 Å². The van der Waals surface area contributed by atoms with E-state index in [-0.39, 0.29) is 45.9 Å². The van der Waals surface area contributed by atoms with Crippen molar-refractivity contribution in [2.45, 2.75) is 31.3 Å². The molecule has 13 heteroatoms. The van der Waals surface area contributed by atoms with Crippen molar-refractivity contribution in [1.29, 1.82) is 0 Å². The van der Waals surface area contributed by atoms with E-state index < -0.39 is 34.0 Å². The van der Waals surface area contributed by atoms with Gasteiger partial charge in [0.15, 0.2) is 16.5 Å². The number of halogens is 2. The molecule has 204 valence electrons. The van der Waals surface area contributed by atoms with Crippen molar-refractivity contribution in [1.82, 2.24) is 19.8 Å². The van der Waals surface area contributed by atoms with Crippen LogP contribution in [0.5, 0.6) is 5.75 Å². The number of amides is 1. The number of hydrogen-bond acceptors (Lipinski definition) is 9. The maximum absolute atomic E-state index is 14.2. The number of benzene rings is 1. The topological polar surface area (TPSA) is 107 Å². The molecule has 2 aromatic heterocycles. The number of carbonyl (C=O) groups is 2. The predicted molar refractivity (Wildman–Crippen MR) is 136 cm³/mol. The van der Waals surface area contributed by atoms with E-state index in [4.69, 9.17) is 9.47 Å². The molecule has 0 bridgehead atoms. The van der Waals surface area contributed by atoms with Crippen LogP contribution in [0.1, 0.15) is 40.3 Å². The van der Waals surface area contributed by atoms with Gasteiger partial charge in [-0.25, -0.2) is 8.78 Å². The van der Waals surface area contributed by atoms with Crippen molar-refractivity contribution in [2.24, 2.45) is 11.3 Å². The quantitative estimate of drug-likeness (QED) is 0.441. The average molecular weight is 558 g/mol. The molecule has 1 spiro atoms. The molecule has 10 nitrogen and oxygen atoms in total. The minimum absolute atomic E-state index is 0.0316. The lowest BCUT2D eigenvalue weighted by atomic mass is 9.86. The number of nitrogens with zero attached hydrogens (tertiary/aromatic N) is 5. The summed E-state index contributed by atoms with van der Waals surface area (Å²) in [5, 5.41) is 10.7. The Bertz CT molecular complexity index is 1610. The van der Waals surface area contributed by atoms with Crippen LogP contribution >= 0.6 is 11.3 Å². The molecule has 1 aromatic carbocycles. The third kappa shape index (κ3) is 3.25. The number of methoxy groups -OCH3 is 2. The van der Waals surface area contributed by atoms with Crippen LogP contribution in [0, 0.1) is 23.0 Å². The summed E-state index contributed by atoms with van der Waals surface area (Å²) < 4.78 is 39.7. The number of pyridine rings is 1. The molecule has 0 saturated heterocycles. The van der Waals surface area contributed by atoms with E-state index in [1.165, 1.54) is 31.4 Å². The number of ether oxygens (including phenoxy) is 2. The second-order valence-electron chi connectivity index (χ2n) is 10.1. The summed E-state index contributed by atoms with van der Waals surface area (Å²) in [5.74, 6) is -2.28. The lowest BCUT2D eigenvalue weighted by Gasteiger charge is -2.55. The number of carbonyl (C=O) groups excluding carboxylic acids is 2. The first-order valence-corrected chi connectivity index (χ1v) is 13.1. The summed E-state index contributed by atoms with van der Waals surface area (Å²) in [4.78, 5) is 42.0. The van der Waals surface area contributed by atoms with Gasteiger partial charge in [-0.05, 0) is 36.8 Å². The fourth-order valence-electron chi connectivity index (χ4n) is 6.62. The van der Waals surface area contributed by atoms with Crippen LogP contribution in [-0.4, -0.2) is 65.6 Å². The molecule has 2 aliphatic carbocycles. The average Bonchev–Trinajstić information content (AvgIpc) is 3.31. The van der Waals surface area contributed by atoms with Crippen LogP contribution in [0.2, 0.25) is 0 Å². The number of rotatable bonds is 5. The number of hydrogen-bond donors (Lipinski definition) is 0. The second-order valence-corrected chi connectivity index (χ2v) is 11.2. The van der Waals surface area contributed by atoms with Crippen LogP contribution in [0.25, 0.3) is 10.6 Å². The highest BCUT2D eigenvalue weighted by Gasteiger charge is 2.80. The van der Waals surface area contributed by atoms with Crippen LogP contribution in [0.15, 0.2) is 29.2 Å². The second kappa shape index (κ2) is 8.57. The minimum Gasteiger partial charge on any atom is -0.491 e. The molecular weight excluding hydrogens is 532 g/mol. The molecule has 1 unspecified atom stereocenters. The Labute approximate surface area is 225 Å². The maximum atomic E-state index is 14.2. The van der Waals surface area contributed by atoms with E-state index in [1.807, 2.05) is 5.01 Å². The summed E-state index contributed by atoms with van der Waals surface area (Å²) in [6, 6.07) is 3.30. The maximum Gasteiger partial charge on any atom is 0.316 e. The zero-order chi connectivity index (χ0) is 27.9. The Kier molecular flexibility index (Phi) is 5.58. The molecule has 3 aliphatic rings. The third-order valence-corrected chi connectivity index (χ3v) is 9.49. The molecule has 1 aliphatic heterocycles. The Morgan fingerprint density at radius 3 is 2.64 bits per heavy atom. The molecule has 3 aromatic rings. The van der Waals surface area contributed by atoms with Crippen molar-refractivity contribution in [3.63, 3.8) is 0 Å². The molecule has 2 saturated carbocycles. The van der Waals surface area contributed by atoms with Gasteiger partial charge in [0.25, 0.3) is 5.91 Å². The van der Waals surface area contributed by atoms with Gasteiger partial charge >= 0.3 is 5.97 Å². The Morgan fingerprint density at radius 1 is 1.21 bits per heavy atom. The summed E-state index contributed by atoms with van der Waals surface area (Å²) >= 11 is 1.08. The predicted octanol–water partition coefficient (Wildman–Crippen LogP) is 2.57. The van der Waals surface area contributed by atoms with Crippen molar-refractivity contribution in [3.05, 3.63) is 62.5 Å². The van der Waals surface area contributed by atoms with Crippen LogP contribution in [-0.2, 0) is 16.0 Å². The van der Waals surface area contributed by atoms with Crippen molar-refractivity contribution >= 4 is 23.2 Å². The smallest absolute Gasteiger partial charge is 0.316 e. The first-order valence-electron chi connectivity index (χ1n) is 12.3. The van der Waals surface area contributed by atoms with E-state index in [0.29, 0.717) is 17.8 Å². The lowest BCUT2D eigenvalue weighted by Crippen LogP contribution is -2.72. The minimum atomic E-state index is -1.00. The Morgan fingerprint density at radius 2 is 1.97 bits per heavy atom. The van der Waals surface area contributed by atoms with Gasteiger partial charge in [-0.1, -0.05) is 17.4 Å². The van der Waals surface area contributed by atoms with E-state index in [1.54, 1.807) is 18.8 Å². The van der Waals surface area contributed by atoms with Gasteiger partial charge in [0, 0.05) is 32.8 Å². The standard InChI is InChI=1S/C26H25F2N5O5S/c1-31-23(35)19-21(37-3)20(34)16(22-30-29-18(39-22)9-13-5-6-15(27)10-17(13)28)12-33(19)32(2)26(31)8-7-14-11-25(14,26)24(36)38-4/h5-6,10,12,14H,7-9,11H2,1-4H3/t14-,25+,26?/m1/s1. The van der Waals surface area contributed by atoms with Gasteiger partial charge in [-0.15, -0.1) is 10.2 Å². The Balaban J connectivity index is 1.46. The van der Waals surface area contributed by atoms with Gasteiger partial charge in [0.2, 0.25) is 5.43 Å². The summed E-state index contributed by atoms with van der Waals surface area (Å²) in [6.45, 7) is 0. The van der Waals surface area contributed by atoms with Gasteiger partial charge in [0.05, 0.1) is 19.8 Å². The summed E-state index contributed by atoms with van der Waals surface area (Å²) in [5.41, 5.74) is -2.03. The molecule has 2 fully saturated rings. The lowest BCUT2D eigenvalue weighted by molar-refractivity contribution is -0.153. The molecular formula is C26H25F2N5O5S. The highest BCUT2D eigenvalue weighted by molar-refractivity contribution is 7.14. The molecule has 3 heterocycles. The fourth-order valence-corrected chi connectivity index (χ4v) is 7.49. The zero-order valence-corrected chi connectivity index (χ0v) is 22.5.